The van der Waals surface area contributed by atoms with Crippen molar-refractivity contribution in [1.82, 2.24) is 5.43 Å². The molecular formula is C24H20N4O6. The normalized spacial score (nSPS) is 10.5. The maximum Gasteiger partial charge on any atom is 0.343 e. The first-order valence-corrected chi connectivity index (χ1v) is 10.0. The van der Waals surface area contributed by atoms with E-state index in [1.807, 2.05) is 6.92 Å². The molecule has 10 nitrogen and oxygen atoms in total. The fourth-order valence-electron chi connectivity index (χ4n) is 2.87. The number of para-hydroxylation sites is 1. The number of hydrogen-bond donors (Lipinski definition) is 2. The summed E-state index contributed by atoms with van der Waals surface area (Å²) in [6.45, 7) is 3.23. The number of hydrazone groups is 1. The zero-order valence-electron chi connectivity index (χ0n) is 18.3. The van der Waals surface area contributed by atoms with E-state index in [-0.39, 0.29) is 28.3 Å². The number of amides is 2. The van der Waals surface area contributed by atoms with Crippen LogP contribution in [0.5, 0.6) is 5.75 Å². The van der Waals surface area contributed by atoms with Crippen molar-refractivity contribution in [3.63, 3.8) is 0 Å². The highest BCUT2D eigenvalue weighted by Gasteiger charge is 2.22. The lowest BCUT2D eigenvalue weighted by molar-refractivity contribution is -0.385. The molecular weight excluding hydrogens is 440 g/mol. The second-order valence-electron chi connectivity index (χ2n) is 7.17. The van der Waals surface area contributed by atoms with Crippen LogP contribution in [0.15, 0.2) is 71.8 Å². The van der Waals surface area contributed by atoms with E-state index in [0.29, 0.717) is 5.69 Å². The third-order valence-corrected chi connectivity index (χ3v) is 4.54. The Kier molecular flexibility index (Phi) is 7.45. The Morgan fingerprint density at radius 1 is 0.971 bits per heavy atom. The quantitative estimate of drug-likeness (QED) is 0.180. The van der Waals surface area contributed by atoms with Gasteiger partial charge in [-0.2, -0.15) is 5.10 Å². The topological polar surface area (TPSA) is 140 Å². The molecule has 0 aromatic heterocycles. The van der Waals surface area contributed by atoms with Crippen molar-refractivity contribution in [2.45, 2.75) is 13.8 Å². The Morgan fingerprint density at radius 2 is 1.62 bits per heavy atom. The van der Waals surface area contributed by atoms with Gasteiger partial charge in [-0.05, 0) is 49.4 Å². The summed E-state index contributed by atoms with van der Waals surface area (Å²) in [5, 5.41) is 17.9. The number of nitro groups is 1. The standard InChI is InChI=1S/C24H20N4O6/c1-15-6-8-18(9-7-15)24(31)34-22-19(4-3-5-21(22)28(32)33)14-25-27-23(30)17-10-12-20(13-11-17)26-16(2)29/h3-14H,1-2H3,(H,26,29)(H,27,30)/b25-14+. The number of hydrogen-bond acceptors (Lipinski definition) is 7. The molecule has 0 unspecified atom stereocenters. The van der Waals surface area contributed by atoms with E-state index >= 15 is 0 Å². The van der Waals surface area contributed by atoms with Gasteiger partial charge in [-0.3, -0.25) is 19.7 Å². The van der Waals surface area contributed by atoms with Gasteiger partial charge in [0.25, 0.3) is 5.91 Å². The van der Waals surface area contributed by atoms with Crippen molar-refractivity contribution < 1.29 is 24.0 Å². The number of aryl methyl sites for hydroxylation is 1. The van der Waals surface area contributed by atoms with Crippen LogP contribution in [-0.4, -0.2) is 28.9 Å². The van der Waals surface area contributed by atoms with Crippen LogP contribution in [0.4, 0.5) is 11.4 Å². The number of benzene rings is 3. The molecule has 0 heterocycles. The zero-order valence-corrected chi connectivity index (χ0v) is 18.3. The highest BCUT2D eigenvalue weighted by atomic mass is 16.6. The van der Waals surface area contributed by atoms with Crippen molar-refractivity contribution in [2.24, 2.45) is 5.10 Å². The predicted octanol–water partition coefficient (Wildman–Crippen LogP) is 3.84. The van der Waals surface area contributed by atoms with Gasteiger partial charge < -0.3 is 10.1 Å². The largest absolute Gasteiger partial charge is 0.415 e. The monoisotopic (exact) mass is 460 g/mol. The van der Waals surface area contributed by atoms with Crippen LogP contribution in [0.25, 0.3) is 0 Å². The molecule has 34 heavy (non-hydrogen) atoms. The number of nitrogens with zero attached hydrogens (tertiary/aromatic N) is 2. The Balaban J connectivity index is 1.78. The smallest absolute Gasteiger partial charge is 0.343 e. The Labute approximate surface area is 194 Å². The summed E-state index contributed by atoms with van der Waals surface area (Å²) in [5.74, 6) is -1.85. The molecule has 172 valence electrons. The average Bonchev–Trinajstić information content (AvgIpc) is 2.80. The summed E-state index contributed by atoms with van der Waals surface area (Å²) in [4.78, 5) is 46.7. The SMILES string of the molecule is CC(=O)Nc1ccc(C(=O)N/N=C/c2cccc([N+](=O)[O-])c2OC(=O)c2ccc(C)cc2)cc1. The number of rotatable bonds is 7. The minimum Gasteiger partial charge on any atom is -0.415 e. The summed E-state index contributed by atoms with van der Waals surface area (Å²) in [6, 6.07) is 16.7. The van der Waals surface area contributed by atoms with Gasteiger partial charge >= 0.3 is 11.7 Å². The van der Waals surface area contributed by atoms with Crippen molar-refractivity contribution in [2.75, 3.05) is 5.32 Å². The lowest BCUT2D eigenvalue weighted by atomic mass is 10.1. The summed E-state index contributed by atoms with van der Waals surface area (Å²) >= 11 is 0. The van der Waals surface area contributed by atoms with Gasteiger partial charge in [0.15, 0.2) is 0 Å². The van der Waals surface area contributed by atoms with E-state index in [4.69, 9.17) is 4.74 Å². The molecule has 0 saturated carbocycles. The van der Waals surface area contributed by atoms with Crippen LogP contribution < -0.4 is 15.5 Å². The molecule has 0 fully saturated rings. The first-order valence-electron chi connectivity index (χ1n) is 10.0. The minimum atomic E-state index is -0.771. The number of carbonyl (C=O) groups is 3. The summed E-state index contributed by atoms with van der Waals surface area (Å²) < 4.78 is 5.33. The second kappa shape index (κ2) is 10.6. The predicted molar refractivity (Wildman–Crippen MR) is 125 cm³/mol. The lowest BCUT2D eigenvalue weighted by Crippen LogP contribution is -2.18. The number of carbonyl (C=O) groups excluding carboxylic acids is 3. The Morgan fingerprint density at radius 3 is 2.24 bits per heavy atom. The molecule has 3 rings (SSSR count). The number of esters is 1. The van der Waals surface area contributed by atoms with Crippen molar-refractivity contribution >= 4 is 35.4 Å². The first-order chi connectivity index (χ1) is 16.2. The fourth-order valence-corrected chi connectivity index (χ4v) is 2.87. The van der Waals surface area contributed by atoms with Gasteiger partial charge in [-0.15, -0.1) is 0 Å². The molecule has 0 aliphatic heterocycles. The lowest BCUT2D eigenvalue weighted by Gasteiger charge is -2.08. The molecule has 0 atom stereocenters. The van der Waals surface area contributed by atoms with E-state index in [0.717, 1.165) is 11.8 Å². The van der Waals surface area contributed by atoms with E-state index in [1.54, 1.807) is 36.4 Å². The van der Waals surface area contributed by atoms with Crippen LogP contribution in [0.1, 0.15) is 38.8 Å². The molecule has 0 aliphatic rings. The van der Waals surface area contributed by atoms with Crippen molar-refractivity contribution in [1.29, 1.82) is 0 Å². The van der Waals surface area contributed by atoms with E-state index in [2.05, 4.69) is 15.8 Å². The zero-order chi connectivity index (χ0) is 24.7. The molecule has 2 N–H and O–H groups in total. The van der Waals surface area contributed by atoms with Gasteiger partial charge in [0.2, 0.25) is 11.7 Å². The van der Waals surface area contributed by atoms with Gasteiger partial charge in [-0.1, -0.05) is 23.8 Å². The number of anilines is 1. The summed E-state index contributed by atoms with van der Waals surface area (Å²) in [7, 11) is 0. The molecule has 0 aliphatic carbocycles. The fraction of sp³-hybridized carbons (Fsp3) is 0.0833. The van der Waals surface area contributed by atoms with E-state index in [1.165, 1.54) is 37.3 Å². The minimum absolute atomic E-state index is 0.121. The van der Waals surface area contributed by atoms with Crippen LogP contribution in [-0.2, 0) is 4.79 Å². The molecule has 0 bridgehead atoms. The molecule has 0 saturated heterocycles. The summed E-state index contributed by atoms with van der Waals surface area (Å²) in [5.41, 5.74) is 3.97. The maximum atomic E-state index is 12.5. The third-order valence-electron chi connectivity index (χ3n) is 4.54. The van der Waals surface area contributed by atoms with Crippen LogP contribution in [0.3, 0.4) is 0 Å². The van der Waals surface area contributed by atoms with Gasteiger partial charge in [-0.25, -0.2) is 10.2 Å². The summed E-state index contributed by atoms with van der Waals surface area (Å²) in [6.07, 6.45) is 1.15. The highest BCUT2D eigenvalue weighted by molar-refractivity contribution is 5.97. The number of nitrogens with one attached hydrogen (secondary N) is 2. The highest BCUT2D eigenvalue weighted by Crippen LogP contribution is 2.30. The van der Waals surface area contributed by atoms with Gasteiger partial charge in [0.05, 0.1) is 16.7 Å². The van der Waals surface area contributed by atoms with Crippen LogP contribution >= 0.6 is 0 Å². The average molecular weight is 460 g/mol. The van der Waals surface area contributed by atoms with Crippen LogP contribution in [0.2, 0.25) is 0 Å². The second-order valence-corrected chi connectivity index (χ2v) is 7.17. The molecule has 0 radical (unpaired) electrons. The number of ether oxygens (including phenoxy) is 1. The molecule has 10 heteroatoms. The Hall–Kier alpha value is -4.86. The van der Waals surface area contributed by atoms with Crippen LogP contribution in [0, 0.1) is 17.0 Å². The van der Waals surface area contributed by atoms with Gasteiger partial charge in [0.1, 0.15) is 0 Å². The maximum absolute atomic E-state index is 12.5. The van der Waals surface area contributed by atoms with Gasteiger partial charge in [0, 0.05) is 29.8 Å². The van der Waals surface area contributed by atoms with E-state index < -0.39 is 22.5 Å². The van der Waals surface area contributed by atoms with Crippen molar-refractivity contribution in [3.8, 4) is 5.75 Å². The molecule has 3 aromatic rings. The molecule has 3 aromatic carbocycles. The number of nitro benzene ring substituents is 1. The molecule has 2 amide bonds. The third kappa shape index (κ3) is 6.10. The molecule has 0 spiro atoms. The first kappa shape index (κ1) is 23.8. The Bertz CT molecular complexity index is 1270. The van der Waals surface area contributed by atoms with E-state index in [9.17, 15) is 24.5 Å². The van der Waals surface area contributed by atoms with Crippen molar-refractivity contribution in [3.05, 3.63) is 99.1 Å².